The van der Waals surface area contributed by atoms with Crippen molar-refractivity contribution in [2.24, 2.45) is 0 Å². The van der Waals surface area contributed by atoms with Gasteiger partial charge < -0.3 is 9.47 Å². The molecule has 1 aliphatic rings. The Labute approximate surface area is 176 Å². The number of benzene rings is 2. The van der Waals surface area contributed by atoms with E-state index in [1.54, 1.807) is 20.8 Å². The van der Waals surface area contributed by atoms with Gasteiger partial charge in [-0.05, 0) is 38.3 Å². The summed E-state index contributed by atoms with van der Waals surface area (Å²) in [6, 6.07) is 18.0. The van der Waals surface area contributed by atoms with Crippen LogP contribution in [0.2, 0.25) is 0 Å². The molecule has 30 heavy (non-hydrogen) atoms. The van der Waals surface area contributed by atoms with Crippen molar-refractivity contribution in [2.75, 3.05) is 6.54 Å². The normalized spacial score (nSPS) is 17.0. The first-order valence-corrected chi connectivity index (χ1v) is 10.1. The second-order valence-corrected chi connectivity index (χ2v) is 8.34. The number of hydrogen-bond acceptors (Lipinski definition) is 5. The molecule has 0 radical (unpaired) electrons. The van der Waals surface area contributed by atoms with Gasteiger partial charge in [0.1, 0.15) is 11.6 Å². The van der Waals surface area contributed by atoms with E-state index in [2.05, 4.69) is 0 Å². The average molecular weight is 409 g/mol. The first-order chi connectivity index (χ1) is 14.2. The minimum absolute atomic E-state index is 0.104. The molecule has 0 unspecified atom stereocenters. The summed E-state index contributed by atoms with van der Waals surface area (Å²) in [4.78, 5) is 39.0. The molecule has 2 aromatic carbocycles. The molecule has 6 nitrogen and oxygen atoms in total. The van der Waals surface area contributed by atoms with Crippen LogP contribution in [0.15, 0.2) is 60.7 Å². The molecule has 0 bridgehead atoms. The van der Waals surface area contributed by atoms with Crippen molar-refractivity contribution in [3.8, 4) is 0 Å². The fourth-order valence-electron chi connectivity index (χ4n) is 3.37. The summed E-state index contributed by atoms with van der Waals surface area (Å²) in [5.41, 5.74) is 0.920. The number of ketones is 1. The van der Waals surface area contributed by atoms with Crippen LogP contribution in [0.25, 0.3) is 0 Å². The average Bonchev–Trinajstić information content (AvgIpc) is 2.72. The molecule has 0 saturated carbocycles. The number of carbonyl (C=O) groups is 3. The molecule has 1 atom stereocenters. The van der Waals surface area contributed by atoms with Crippen LogP contribution in [-0.2, 0) is 19.1 Å². The molecule has 1 fully saturated rings. The van der Waals surface area contributed by atoms with E-state index in [1.165, 1.54) is 4.90 Å². The van der Waals surface area contributed by atoms with Crippen LogP contribution >= 0.6 is 0 Å². The second-order valence-electron chi connectivity index (χ2n) is 8.34. The van der Waals surface area contributed by atoms with Crippen LogP contribution in [-0.4, -0.2) is 40.9 Å². The zero-order chi connectivity index (χ0) is 21.7. The van der Waals surface area contributed by atoms with E-state index < -0.39 is 29.8 Å². The number of ether oxygens (including phenoxy) is 2. The molecular weight excluding hydrogens is 382 g/mol. The third-order valence-corrected chi connectivity index (χ3v) is 4.76. The minimum Gasteiger partial charge on any atom is -0.451 e. The van der Waals surface area contributed by atoms with Gasteiger partial charge in [0, 0.05) is 6.42 Å². The van der Waals surface area contributed by atoms with Gasteiger partial charge in [0.2, 0.25) is 0 Å². The molecule has 1 saturated heterocycles. The van der Waals surface area contributed by atoms with E-state index >= 15 is 0 Å². The van der Waals surface area contributed by atoms with Gasteiger partial charge in [-0.15, -0.1) is 0 Å². The van der Waals surface area contributed by atoms with E-state index in [0.717, 1.165) is 11.1 Å². The van der Waals surface area contributed by atoms with Crippen LogP contribution < -0.4 is 0 Å². The Morgan fingerprint density at radius 2 is 1.50 bits per heavy atom. The predicted molar refractivity (Wildman–Crippen MR) is 112 cm³/mol. The standard InChI is InChI=1S/C24H27NO5/c1-24(2,3)30-23(28)25-16-19(26)14-15-20(25)22(27)29-21(17-10-6-4-7-11-17)18-12-8-5-9-13-18/h4-13,20-21H,14-16H2,1-3H3/t20-/m0/s1. The van der Waals surface area contributed by atoms with Crippen LogP contribution in [0.3, 0.4) is 0 Å². The van der Waals surface area contributed by atoms with Gasteiger partial charge in [0.15, 0.2) is 11.9 Å². The molecule has 0 aromatic heterocycles. The first kappa shape index (κ1) is 21.6. The van der Waals surface area contributed by atoms with Gasteiger partial charge in [-0.3, -0.25) is 9.69 Å². The Morgan fingerprint density at radius 1 is 0.967 bits per heavy atom. The number of amides is 1. The quantitative estimate of drug-likeness (QED) is 0.705. The zero-order valence-corrected chi connectivity index (χ0v) is 17.5. The van der Waals surface area contributed by atoms with Gasteiger partial charge in [-0.2, -0.15) is 0 Å². The van der Waals surface area contributed by atoms with Crippen molar-refractivity contribution < 1.29 is 23.9 Å². The van der Waals surface area contributed by atoms with Gasteiger partial charge in [-0.1, -0.05) is 60.7 Å². The third kappa shape index (κ3) is 5.47. The number of esters is 1. The number of likely N-dealkylation sites (tertiary alicyclic amines) is 1. The molecule has 0 spiro atoms. The molecule has 1 amide bonds. The van der Waals surface area contributed by atoms with Gasteiger partial charge in [-0.25, -0.2) is 9.59 Å². The highest BCUT2D eigenvalue weighted by molar-refractivity contribution is 5.90. The van der Waals surface area contributed by atoms with Gasteiger partial charge in [0.25, 0.3) is 0 Å². The van der Waals surface area contributed by atoms with E-state index in [9.17, 15) is 14.4 Å². The van der Waals surface area contributed by atoms with E-state index in [1.807, 2.05) is 60.7 Å². The van der Waals surface area contributed by atoms with Crippen LogP contribution in [0, 0.1) is 0 Å². The van der Waals surface area contributed by atoms with E-state index in [4.69, 9.17) is 9.47 Å². The van der Waals surface area contributed by atoms with Crippen LogP contribution in [0.1, 0.15) is 50.8 Å². The largest absolute Gasteiger partial charge is 0.451 e. The van der Waals surface area contributed by atoms with Crippen molar-refractivity contribution in [3.05, 3.63) is 71.8 Å². The lowest BCUT2D eigenvalue weighted by atomic mass is 9.99. The maximum atomic E-state index is 13.2. The van der Waals surface area contributed by atoms with E-state index in [0.29, 0.717) is 0 Å². The van der Waals surface area contributed by atoms with Crippen molar-refractivity contribution in [2.45, 2.75) is 51.4 Å². The predicted octanol–water partition coefficient (Wildman–Crippen LogP) is 4.29. The van der Waals surface area contributed by atoms with Gasteiger partial charge >= 0.3 is 12.1 Å². The molecule has 3 rings (SSSR count). The van der Waals surface area contributed by atoms with Gasteiger partial charge in [0.05, 0.1) is 6.54 Å². The summed E-state index contributed by atoms with van der Waals surface area (Å²) in [6.07, 6.45) is -0.861. The maximum Gasteiger partial charge on any atom is 0.411 e. The smallest absolute Gasteiger partial charge is 0.411 e. The number of nitrogens with zero attached hydrogens (tertiary/aromatic N) is 1. The number of piperidine rings is 1. The molecule has 1 heterocycles. The Hall–Kier alpha value is -3.15. The fourth-order valence-corrected chi connectivity index (χ4v) is 3.37. The van der Waals surface area contributed by atoms with Crippen LogP contribution in [0.5, 0.6) is 0 Å². The molecule has 0 N–H and O–H groups in total. The summed E-state index contributed by atoms with van der Waals surface area (Å²) in [7, 11) is 0. The number of carbonyl (C=O) groups excluding carboxylic acids is 3. The lowest BCUT2D eigenvalue weighted by molar-refractivity contribution is -0.156. The summed E-state index contributed by atoms with van der Waals surface area (Å²) >= 11 is 0. The van der Waals surface area contributed by atoms with Crippen molar-refractivity contribution >= 4 is 17.8 Å². The third-order valence-electron chi connectivity index (χ3n) is 4.76. The second kappa shape index (κ2) is 9.11. The van der Waals surface area contributed by atoms with E-state index in [-0.39, 0.29) is 25.2 Å². The summed E-state index contributed by atoms with van der Waals surface area (Å²) in [5, 5.41) is 0. The van der Waals surface area contributed by atoms with Crippen LogP contribution in [0.4, 0.5) is 4.79 Å². The highest BCUT2D eigenvalue weighted by Crippen LogP contribution is 2.28. The molecule has 1 aliphatic heterocycles. The number of rotatable bonds is 4. The Kier molecular flexibility index (Phi) is 6.55. The lowest BCUT2D eigenvalue weighted by Crippen LogP contribution is -2.53. The molecule has 158 valence electrons. The fraction of sp³-hybridized carbons (Fsp3) is 0.375. The monoisotopic (exact) mass is 409 g/mol. The molecule has 6 heteroatoms. The van der Waals surface area contributed by atoms with Crippen molar-refractivity contribution in [1.82, 2.24) is 4.90 Å². The van der Waals surface area contributed by atoms with Crippen molar-refractivity contribution in [3.63, 3.8) is 0 Å². The topological polar surface area (TPSA) is 72.9 Å². The zero-order valence-electron chi connectivity index (χ0n) is 17.5. The van der Waals surface area contributed by atoms with Crippen molar-refractivity contribution in [1.29, 1.82) is 0 Å². The minimum atomic E-state index is -0.868. The Morgan fingerprint density at radius 3 is 2.00 bits per heavy atom. The lowest BCUT2D eigenvalue weighted by Gasteiger charge is -2.35. The molecule has 2 aromatic rings. The number of Topliss-reactive ketones (excluding diaryl/α,β-unsaturated/α-hetero) is 1. The first-order valence-electron chi connectivity index (χ1n) is 10.1. The SMILES string of the molecule is CC(C)(C)OC(=O)N1CC(=O)CC[C@H]1C(=O)OC(c1ccccc1)c1ccccc1. The Balaban J connectivity index is 1.84. The summed E-state index contributed by atoms with van der Waals surface area (Å²) in [5.74, 6) is -0.654. The molecule has 0 aliphatic carbocycles. The highest BCUT2D eigenvalue weighted by Gasteiger charge is 2.39. The molecular formula is C24H27NO5. The summed E-state index contributed by atoms with van der Waals surface area (Å²) in [6.45, 7) is 5.07. The summed E-state index contributed by atoms with van der Waals surface area (Å²) < 4.78 is 11.3. The maximum absolute atomic E-state index is 13.2. The highest BCUT2D eigenvalue weighted by atomic mass is 16.6. The Bertz CT molecular complexity index is 849. The number of hydrogen-bond donors (Lipinski definition) is 0.